The molecule has 0 radical (unpaired) electrons. The highest BCUT2D eigenvalue weighted by Crippen LogP contribution is 2.44. The van der Waals surface area contributed by atoms with Gasteiger partial charge in [0.05, 0.1) is 14.2 Å². The predicted octanol–water partition coefficient (Wildman–Crippen LogP) is 5.52. The van der Waals surface area contributed by atoms with Crippen LogP contribution >= 0.6 is 0 Å². The van der Waals surface area contributed by atoms with E-state index in [9.17, 15) is 4.79 Å². The van der Waals surface area contributed by atoms with Gasteiger partial charge in [-0.1, -0.05) is 6.07 Å². The largest absolute Gasteiger partial charge is 0.493 e. The van der Waals surface area contributed by atoms with Gasteiger partial charge < -0.3 is 19.1 Å². The highest BCUT2D eigenvalue weighted by atomic mass is 16.6. The third kappa shape index (κ3) is 3.56. The molecule has 0 spiro atoms. The van der Waals surface area contributed by atoms with E-state index < -0.39 is 0 Å². The maximum Gasteiger partial charge on any atom is 0.415 e. The van der Waals surface area contributed by atoms with E-state index in [-0.39, 0.29) is 6.09 Å². The van der Waals surface area contributed by atoms with E-state index in [4.69, 9.17) is 14.2 Å². The number of rotatable bonds is 3. The van der Waals surface area contributed by atoms with Crippen molar-refractivity contribution in [2.45, 2.75) is 51.1 Å². The van der Waals surface area contributed by atoms with Crippen molar-refractivity contribution in [3.63, 3.8) is 0 Å². The Kier molecular flexibility index (Phi) is 5.48. The second-order valence-corrected chi connectivity index (χ2v) is 9.80. The summed E-state index contributed by atoms with van der Waals surface area (Å²) in [4.78, 5) is 17.2. The van der Waals surface area contributed by atoms with Crippen LogP contribution in [0.25, 0.3) is 21.5 Å². The number of fused-ring (bicyclic) bond motifs is 7. The molecule has 0 aliphatic carbocycles. The van der Waals surface area contributed by atoms with Crippen molar-refractivity contribution < 1.29 is 19.0 Å². The van der Waals surface area contributed by atoms with Crippen LogP contribution in [-0.4, -0.2) is 55.8 Å². The molecule has 2 saturated heterocycles. The van der Waals surface area contributed by atoms with Crippen LogP contribution in [0.1, 0.15) is 43.2 Å². The molecule has 2 fully saturated rings. The molecule has 1 atom stereocenters. The Balaban J connectivity index is 1.50. The monoisotopic (exact) mass is 460 g/mol. The quantitative estimate of drug-likeness (QED) is 0.482. The lowest BCUT2D eigenvalue weighted by Gasteiger charge is -2.33. The standard InChI is InChI=1S/C28H32N2O4/c1-32-26-15-23-22-14-19(34-28(31)29-10-4-3-5-11-29)8-9-20(22)21-13-18-7-6-12-30(18)17-25(21)24(23)16-27(26)33-2/h8-9,14-16,18H,3-7,10-13,17H2,1-2H3/t18-/m0/s1. The normalized spacial score (nSPS) is 20.3. The molecule has 3 aliphatic heterocycles. The molecule has 1 amide bonds. The Labute approximate surface area is 200 Å². The van der Waals surface area contributed by atoms with Crippen LogP contribution in [0, 0.1) is 0 Å². The first-order chi connectivity index (χ1) is 16.7. The highest BCUT2D eigenvalue weighted by molar-refractivity contribution is 6.12. The van der Waals surface area contributed by atoms with Crippen molar-refractivity contribution in [2.24, 2.45) is 0 Å². The minimum absolute atomic E-state index is 0.248. The summed E-state index contributed by atoms with van der Waals surface area (Å²) in [6, 6.07) is 10.9. The third-order valence-corrected chi connectivity index (χ3v) is 7.94. The van der Waals surface area contributed by atoms with Crippen molar-refractivity contribution in [3.05, 3.63) is 41.5 Å². The van der Waals surface area contributed by atoms with E-state index >= 15 is 0 Å². The molecule has 6 rings (SSSR count). The maximum atomic E-state index is 12.8. The topological polar surface area (TPSA) is 51.2 Å². The van der Waals surface area contributed by atoms with E-state index in [1.165, 1.54) is 47.7 Å². The van der Waals surface area contributed by atoms with E-state index in [2.05, 4.69) is 23.1 Å². The second-order valence-electron chi connectivity index (χ2n) is 9.80. The average Bonchev–Trinajstić information content (AvgIpc) is 3.35. The summed E-state index contributed by atoms with van der Waals surface area (Å²) >= 11 is 0. The molecule has 6 heteroatoms. The number of hydrogen-bond donors (Lipinski definition) is 0. The molecule has 178 valence electrons. The zero-order chi connectivity index (χ0) is 23.2. The predicted molar refractivity (Wildman–Crippen MR) is 133 cm³/mol. The number of ether oxygens (including phenoxy) is 3. The average molecular weight is 461 g/mol. The van der Waals surface area contributed by atoms with Gasteiger partial charge in [-0.25, -0.2) is 4.79 Å². The van der Waals surface area contributed by atoms with Crippen molar-refractivity contribution >= 4 is 27.6 Å². The van der Waals surface area contributed by atoms with Crippen molar-refractivity contribution in [2.75, 3.05) is 33.9 Å². The molecule has 0 aromatic heterocycles. The van der Waals surface area contributed by atoms with Crippen molar-refractivity contribution in [1.82, 2.24) is 9.80 Å². The van der Waals surface area contributed by atoms with Crippen molar-refractivity contribution in [1.29, 1.82) is 0 Å². The van der Waals surface area contributed by atoms with Gasteiger partial charge in [0.15, 0.2) is 11.5 Å². The molecule has 3 aromatic carbocycles. The Morgan fingerprint density at radius 1 is 0.824 bits per heavy atom. The van der Waals surface area contributed by atoms with E-state index in [0.717, 1.165) is 55.4 Å². The summed E-state index contributed by atoms with van der Waals surface area (Å²) in [7, 11) is 3.36. The summed E-state index contributed by atoms with van der Waals surface area (Å²) in [6.45, 7) is 3.69. The Morgan fingerprint density at radius 3 is 2.32 bits per heavy atom. The number of piperidine rings is 1. The van der Waals surface area contributed by atoms with Gasteiger partial charge in [0, 0.05) is 25.7 Å². The number of likely N-dealkylation sites (tertiary alicyclic amines) is 1. The first-order valence-corrected chi connectivity index (χ1v) is 12.5. The van der Waals surface area contributed by atoms with Crippen molar-refractivity contribution in [3.8, 4) is 17.2 Å². The van der Waals surface area contributed by atoms with Crippen LogP contribution in [-0.2, 0) is 13.0 Å². The maximum absolute atomic E-state index is 12.8. The van der Waals surface area contributed by atoms with Crippen LogP contribution in [0.15, 0.2) is 30.3 Å². The smallest absolute Gasteiger partial charge is 0.415 e. The van der Waals surface area contributed by atoms with Crippen LogP contribution in [0.4, 0.5) is 4.79 Å². The zero-order valence-corrected chi connectivity index (χ0v) is 20.1. The molecule has 0 bridgehead atoms. The third-order valence-electron chi connectivity index (χ3n) is 7.94. The Hall–Kier alpha value is -2.99. The van der Waals surface area contributed by atoms with Gasteiger partial charge >= 0.3 is 6.09 Å². The van der Waals surface area contributed by atoms with Crippen LogP contribution in [0.5, 0.6) is 17.2 Å². The van der Waals surface area contributed by atoms with Gasteiger partial charge in [0.2, 0.25) is 0 Å². The molecular weight excluding hydrogens is 428 g/mol. The van der Waals surface area contributed by atoms with E-state index in [1.807, 2.05) is 17.0 Å². The van der Waals surface area contributed by atoms with Gasteiger partial charge in [0.1, 0.15) is 5.75 Å². The van der Waals surface area contributed by atoms with Crippen LogP contribution in [0.2, 0.25) is 0 Å². The van der Waals surface area contributed by atoms with E-state index in [1.54, 1.807) is 14.2 Å². The SMILES string of the molecule is COc1cc2c3c(c4ccc(OC(=O)N5CCCCC5)cc4c2cc1OC)C[C@@H]1CCCN1C3. The Bertz CT molecular complexity index is 1260. The number of amides is 1. The molecule has 34 heavy (non-hydrogen) atoms. The molecule has 0 saturated carbocycles. The molecule has 3 aliphatic rings. The van der Waals surface area contributed by atoms with Crippen LogP contribution < -0.4 is 14.2 Å². The molecule has 6 nitrogen and oxygen atoms in total. The van der Waals surface area contributed by atoms with Gasteiger partial charge in [-0.05, 0) is 102 Å². The first-order valence-electron chi connectivity index (χ1n) is 12.5. The molecule has 3 aromatic rings. The Morgan fingerprint density at radius 2 is 1.56 bits per heavy atom. The second kappa shape index (κ2) is 8.66. The fourth-order valence-corrected chi connectivity index (χ4v) is 6.18. The number of nitrogens with zero attached hydrogens (tertiary/aromatic N) is 2. The summed E-state index contributed by atoms with van der Waals surface area (Å²) in [5.41, 5.74) is 2.81. The summed E-state index contributed by atoms with van der Waals surface area (Å²) in [6.07, 6.45) is 6.61. The van der Waals surface area contributed by atoms with Gasteiger partial charge in [-0.3, -0.25) is 4.90 Å². The fraction of sp³-hybridized carbons (Fsp3) is 0.464. The number of carbonyl (C=O) groups excluding carboxylic acids is 1. The number of methoxy groups -OCH3 is 2. The lowest BCUT2D eigenvalue weighted by molar-refractivity contribution is 0.142. The number of carbonyl (C=O) groups is 1. The lowest BCUT2D eigenvalue weighted by Crippen LogP contribution is -2.37. The number of benzene rings is 3. The molecule has 3 heterocycles. The minimum atomic E-state index is -0.248. The lowest BCUT2D eigenvalue weighted by atomic mass is 9.85. The van der Waals surface area contributed by atoms with Crippen LogP contribution in [0.3, 0.4) is 0 Å². The van der Waals surface area contributed by atoms with Gasteiger partial charge in [-0.15, -0.1) is 0 Å². The summed E-state index contributed by atoms with van der Waals surface area (Å²) in [5.74, 6) is 2.05. The molecular formula is C28H32N2O4. The molecule has 0 unspecified atom stereocenters. The molecule has 0 N–H and O–H groups in total. The van der Waals surface area contributed by atoms with Gasteiger partial charge in [0.25, 0.3) is 0 Å². The van der Waals surface area contributed by atoms with Gasteiger partial charge in [-0.2, -0.15) is 0 Å². The zero-order valence-electron chi connectivity index (χ0n) is 20.1. The first kappa shape index (κ1) is 21.5. The summed E-state index contributed by atoms with van der Waals surface area (Å²) in [5, 5.41) is 4.66. The minimum Gasteiger partial charge on any atom is -0.493 e. The highest BCUT2D eigenvalue weighted by Gasteiger charge is 2.32. The summed E-state index contributed by atoms with van der Waals surface area (Å²) < 4.78 is 17.2. The fourth-order valence-electron chi connectivity index (χ4n) is 6.18. The number of hydrogen-bond acceptors (Lipinski definition) is 5. The van der Waals surface area contributed by atoms with E-state index in [0.29, 0.717) is 17.5 Å².